The fraction of sp³-hybridized carbons (Fsp3) is 0.435. The molecule has 2 aliphatic rings. The summed E-state index contributed by atoms with van der Waals surface area (Å²) in [5.74, 6) is 0.921. The topological polar surface area (TPSA) is 55.8 Å². The number of aryl methyl sites for hydroxylation is 2. The lowest BCUT2D eigenvalue weighted by atomic mass is 9.87. The van der Waals surface area contributed by atoms with Crippen LogP contribution < -0.4 is 9.47 Å². The van der Waals surface area contributed by atoms with Crippen molar-refractivity contribution in [2.45, 2.75) is 57.7 Å². The van der Waals surface area contributed by atoms with Gasteiger partial charge in [-0.1, -0.05) is 24.3 Å². The zero-order valence-electron chi connectivity index (χ0n) is 15.7. The first kappa shape index (κ1) is 17.9. The molecule has 4 nitrogen and oxygen atoms in total. The molecule has 1 atom stereocenters. The van der Waals surface area contributed by atoms with Crippen LogP contribution in [0.2, 0.25) is 0 Å². The van der Waals surface area contributed by atoms with Gasteiger partial charge in [-0.3, -0.25) is 4.79 Å². The van der Waals surface area contributed by atoms with Crippen molar-refractivity contribution >= 4 is 5.97 Å². The molecule has 4 rings (SSSR count). The summed E-state index contributed by atoms with van der Waals surface area (Å²) < 4.78 is 12.4. The summed E-state index contributed by atoms with van der Waals surface area (Å²) in [7, 11) is 0. The quantitative estimate of drug-likeness (QED) is 0.819. The highest BCUT2D eigenvalue weighted by Gasteiger charge is 2.27. The van der Waals surface area contributed by atoms with Gasteiger partial charge in [0.05, 0.1) is 12.0 Å². The molecule has 2 aromatic carbocycles. The molecule has 1 N–H and O–H groups in total. The third-order valence-electron chi connectivity index (χ3n) is 5.84. The van der Waals surface area contributed by atoms with Gasteiger partial charge in [-0.15, -0.1) is 0 Å². The maximum absolute atomic E-state index is 11.1. The Morgan fingerprint density at radius 2 is 1.85 bits per heavy atom. The van der Waals surface area contributed by atoms with Crippen LogP contribution >= 0.6 is 0 Å². The lowest BCUT2D eigenvalue weighted by Gasteiger charge is -2.29. The summed E-state index contributed by atoms with van der Waals surface area (Å²) >= 11 is 0. The minimum atomic E-state index is -0.678. The summed E-state index contributed by atoms with van der Waals surface area (Å²) in [4.78, 5) is 11.1. The Kier molecular flexibility index (Phi) is 5.06. The zero-order chi connectivity index (χ0) is 18.8. The molecule has 1 aliphatic heterocycles. The maximum Gasteiger partial charge on any atom is 0.306 e. The maximum atomic E-state index is 11.1. The summed E-state index contributed by atoms with van der Waals surface area (Å²) in [5, 5.41) is 9.11. The standard InChI is InChI=1S/C23H26O4/c1-15-4-2-3-5-20(15)22-12-8-17-14-19(11-13-21(17)27-22)26-18-9-6-16(7-10-18)23(24)25/h2-5,11,13-14,16,18,22H,6-10,12H2,1H3,(H,24,25)/t16-,18-,22-/m1/s1. The molecule has 1 fully saturated rings. The molecule has 0 saturated heterocycles. The van der Waals surface area contributed by atoms with E-state index in [0.29, 0.717) is 12.8 Å². The van der Waals surface area contributed by atoms with Crippen LogP contribution in [0.5, 0.6) is 11.5 Å². The third-order valence-corrected chi connectivity index (χ3v) is 5.84. The summed E-state index contributed by atoms with van der Waals surface area (Å²) in [6, 6.07) is 14.5. The number of carboxylic acid groups (broad SMARTS) is 1. The Bertz CT molecular complexity index is 821. The highest BCUT2D eigenvalue weighted by Crippen LogP contribution is 2.38. The molecule has 1 saturated carbocycles. The minimum absolute atomic E-state index is 0.108. The average Bonchev–Trinajstić information content (AvgIpc) is 2.68. The van der Waals surface area contributed by atoms with E-state index < -0.39 is 5.97 Å². The summed E-state index contributed by atoms with van der Waals surface area (Å²) in [5.41, 5.74) is 3.72. The molecule has 1 aliphatic carbocycles. The van der Waals surface area contributed by atoms with Crippen LogP contribution in [0.3, 0.4) is 0 Å². The molecule has 4 heteroatoms. The SMILES string of the molecule is Cc1ccccc1[C@H]1CCc2cc(O[C@H]3CC[C@H](C(=O)O)CC3)ccc2O1. The van der Waals surface area contributed by atoms with Crippen LogP contribution in [-0.2, 0) is 11.2 Å². The molecule has 0 aromatic heterocycles. The van der Waals surface area contributed by atoms with Gasteiger partial charge in [0.15, 0.2) is 0 Å². The van der Waals surface area contributed by atoms with E-state index >= 15 is 0 Å². The summed E-state index contributed by atoms with van der Waals surface area (Å²) in [6.07, 6.45) is 5.17. The van der Waals surface area contributed by atoms with Gasteiger partial charge in [-0.05, 0) is 80.3 Å². The van der Waals surface area contributed by atoms with Crippen molar-refractivity contribution in [3.8, 4) is 11.5 Å². The van der Waals surface area contributed by atoms with Gasteiger partial charge < -0.3 is 14.6 Å². The minimum Gasteiger partial charge on any atom is -0.490 e. The number of ether oxygens (including phenoxy) is 2. The second-order valence-corrected chi connectivity index (χ2v) is 7.70. The first-order chi connectivity index (χ1) is 13.1. The van der Waals surface area contributed by atoms with Gasteiger partial charge in [0.1, 0.15) is 17.6 Å². The number of rotatable bonds is 4. The fourth-order valence-electron chi connectivity index (χ4n) is 4.23. The van der Waals surface area contributed by atoms with Gasteiger partial charge in [0.2, 0.25) is 0 Å². The predicted molar refractivity (Wildman–Crippen MR) is 103 cm³/mol. The molecule has 0 radical (unpaired) electrons. The van der Waals surface area contributed by atoms with Crippen molar-refractivity contribution in [3.05, 3.63) is 59.2 Å². The molecule has 1 heterocycles. The van der Waals surface area contributed by atoms with Crippen molar-refractivity contribution in [3.63, 3.8) is 0 Å². The van der Waals surface area contributed by atoms with Gasteiger partial charge >= 0.3 is 5.97 Å². The number of benzene rings is 2. The zero-order valence-corrected chi connectivity index (χ0v) is 15.7. The number of hydrogen-bond acceptors (Lipinski definition) is 3. The molecule has 27 heavy (non-hydrogen) atoms. The number of fused-ring (bicyclic) bond motifs is 1. The molecule has 0 unspecified atom stereocenters. The lowest BCUT2D eigenvalue weighted by molar-refractivity contribution is -0.143. The molecule has 142 valence electrons. The van der Waals surface area contributed by atoms with Gasteiger partial charge in [0, 0.05) is 0 Å². The first-order valence-electron chi connectivity index (χ1n) is 9.84. The van der Waals surface area contributed by atoms with Crippen molar-refractivity contribution < 1.29 is 19.4 Å². The Morgan fingerprint density at radius 1 is 1.07 bits per heavy atom. The van der Waals surface area contributed by atoms with E-state index in [1.165, 1.54) is 16.7 Å². The average molecular weight is 366 g/mol. The third kappa shape index (κ3) is 3.95. The molecular weight excluding hydrogens is 340 g/mol. The van der Waals surface area contributed by atoms with E-state index in [-0.39, 0.29) is 18.1 Å². The molecule has 0 spiro atoms. The van der Waals surface area contributed by atoms with E-state index in [2.05, 4.69) is 37.3 Å². The van der Waals surface area contributed by atoms with Crippen LogP contribution in [0.25, 0.3) is 0 Å². The van der Waals surface area contributed by atoms with E-state index in [0.717, 1.165) is 37.2 Å². The highest BCUT2D eigenvalue weighted by molar-refractivity contribution is 5.70. The highest BCUT2D eigenvalue weighted by atomic mass is 16.5. The molecular formula is C23H26O4. The van der Waals surface area contributed by atoms with Crippen LogP contribution in [0.15, 0.2) is 42.5 Å². The Balaban J connectivity index is 1.41. The van der Waals surface area contributed by atoms with Gasteiger partial charge in [0.25, 0.3) is 0 Å². The van der Waals surface area contributed by atoms with Crippen LogP contribution in [-0.4, -0.2) is 17.2 Å². The molecule has 0 bridgehead atoms. The number of carbonyl (C=O) groups is 1. The predicted octanol–water partition coefficient (Wildman–Crippen LogP) is 5.08. The normalized spacial score (nSPS) is 24.6. The summed E-state index contributed by atoms with van der Waals surface area (Å²) in [6.45, 7) is 2.13. The first-order valence-corrected chi connectivity index (χ1v) is 9.84. The number of aliphatic carboxylic acids is 1. The number of carboxylic acids is 1. The lowest BCUT2D eigenvalue weighted by Crippen LogP contribution is -2.27. The Labute approximate surface area is 160 Å². The second kappa shape index (κ2) is 7.63. The van der Waals surface area contributed by atoms with Gasteiger partial charge in [-0.2, -0.15) is 0 Å². The number of hydrogen-bond donors (Lipinski definition) is 1. The van der Waals surface area contributed by atoms with Gasteiger partial charge in [-0.25, -0.2) is 0 Å². The van der Waals surface area contributed by atoms with E-state index in [4.69, 9.17) is 14.6 Å². The van der Waals surface area contributed by atoms with E-state index in [9.17, 15) is 4.79 Å². The monoisotopic (exact) mass is 366 g/mol. The smallest absolute Gasteiger partial charge is 0.306 e. The Morgan fingerprint density at radius 3 is 2.59 bits per heavy atom. The largest absolute Gasteiger partial charge is 0.490 e. The molecule has 0 amide bonds. The second-order valence-electron chi connectivity index (χ2n) is 7.70. The molecule has 2 aromatic rings. The van der Waals surface area contributed by atoms with Crippen LogP contribution in [0, 0.1) is 12.8 Å². The van der Waals surface area contributed by atoms with E-state index in [1.54, 1.807) is 0 Å². The van der Waals surface area contributed by atoms with Crippen LogP contribution in [0.1, 0.15) is 54.9 Å². The van der Waals surface area contributed by atoms with Crippen molar-refractivity contribution in [2.75, 3.05) is 0 Å². The van der Waals surface area contributed by atoms with Crippen molar-refractivity contribution in [1.82, 2.24) is 0 Å². The Hall–Kier alpha value is -2.49. The van der Waals surface area contributed by atoms with E-state index in [1.807, 2.05) is 12.1 Å². The van der Waals surface area contributed by atoms with Crippen molar-refractivity contribution in [2.24, 2.45) is 5.92 Å². The van der Waals surface area contributed by atoms with Crippen molar-refractivity contribution in [1.29, 1.82) is 0 Å². The fourth-order valence-corrected chi connectivity index (χ4v) is 4.23. The van der Waals surface area contributed by atoms with Crippen LogP contribution in [0.4, 0.5) is 0 Å².